The van der Waals surface area contributed by atoms with Crippen molar-refractivity contribution in [2.45, 2.75) is 13.0 Å². The van der Waals surface area contributed by atoms with Gasteiger partial charge < -0.3 is 20.7 Å². The molecule has 0 bridgehead atoms. The van der Waals surface area contributed by atoms with Gasteiger partial charge in [0.2, 0.25) is 5.91 Å². The lowest BCUT2D eigenvalue weighted by molar-refractivity contribution is -0.115. The topological polar surface area (TPSA) is 79.5 Å². The van der Waals surface area contributed by atoms with Gasteiger partial charge in [0.1, 0.15) is 5.75 Å². The molecule has 4 aromatic carbocycles. The number of methoxy groups -OCH3 is 1. The van der Waals surface area contributed by atoms with Crippen LogP contribution in [0.25, 0.3) is 11.1 Å². The minimum absolute atomic E-state index is 0.0154. The molecule has 3 N–H and O–H groups in total. The second kappa shape index (κ2) is 11.8. The van der Waals surface area contributed by atoms with Crippen LogP contribution in [0.2, 0.25) is 0 Å². The summed E-state index contributed by atoms with van der Waals surface area (Å²) < 4.78 is 5.27. The van der Waals surface area contributed by atoms with Gasteiger partial charge in [-0.15, -0.1) is 0 Å². The summed E-state index contributed by atoms with van der Waals surface area (Å²) >= 11 is 0. The predicted molar refractivity (Wildman–Crippen MR) is 144 cm³/mol. The molecule has 36 heavy (non-hydrogen) atoms. The van der Waals surface area contributed by atoms with Crippen molar-refractivity contribution in [1.29, 1.82) is 0 Å². The minimum Gasteiger partial charge on any atom is -0.495 e. The fraction of sp³-hybridized carbons (Fsp3) is 0.133. The summed E-state index contributed by atoms with van der Waals surface area (Å²) in [6, 6.07) is 32.5. The standard InChI is InChI=1S/C30H29N3O3/c1-21(22-12-14-24(15-13-22)23-8-4-3-5-9-23)31-20-29(34)32-26-18-16-25(17-19-26)30(35)33-27-10-6-7-11-28(27)36-2/h3-19,21,31H,20H2,1-2H3,(H,32,34)(H,33,35)/t21-/m1/s1. The number of nitrogens with one attached hydrogen (secondary N) is 3. The summed E-state index contributed by atoms with van der Waals surface area (Å²) in [6.45, 7) is 2.19. The molecule has 0 fully saturated rings. The van der Waals surface area contributed by atoms with Crippen LogP contribution in [-0.4, -0.2) is 25.5 Å². The van der Waals surface area contributed by atoms with Gasteiger partial charge in [0, 0.05) is 17.3 Å². The predicted octanol–water partition coefficient (Wildman–Crippen LogP) is 5.90. The number of carbonyl (C=O) groups excluding carboxylic acids is 2. The average Bonchev–Trinajstić information content (AvgIpc) is 2.93. The van der Waals surface area contributed by atoms with Crippen molar-refractivity contribution in [2.24, 2.45) is 0 Å². The van der Waals surface area contributed by atoms with Gasteiger partial charge >= 0.3 is 0 Å². The van der Waals surface area contributed by atoms with E-state index < -0.39 is 0 Å². The molecule has 0 heterocycles. The van der Waals surface area contributed by atoms with Crippen LogP contribution in [0.15, 0.2) is 103 Å². The van der Waals surface area contributed by atoms with Crippen molar-refractivity contribution in [3.05, 3.63) is 114 Å². The first-order chi connectivity index (χ1) is 17.5. The Morgan fingerprint density at radius 1 is 0.750 bits per heavy atom. The highest BCUT2D eigenvalue weighted by molar-refractivity contribution is 6.05. The zero-order valence-corrected chi connectivity index (χ0v) is 20.3. The van der Waals surface area contributed by atoms with Crippen LogP contribution in [0.5, 0.6) is 5.75 Å². The molecular formula is C30H29N3O3. The highest BCUT2D eigenvalue weighted by Gasteiger charge is 2.11. The number of hydrogen-bond acceptors (Lipinski definition) is 4. The first-order valence-electron chi connectivity index (χ1n) is 11.8. The quantitative estimate of drug-likeness (QED) is 0.279. The maximum absolute atomic E-state index is 12.6. The molecule has 4 aromatic rings. The fourth-order valence-electron chi connectivity index (χ4n) is 3.81. The molecule has 1 atom stereocenters. The Labute approximate surface area is 211 Å². The summed E-state index contributed by atoms with van der Waals surface area (Å²) in [7, 11) is 1.56. The van der Waals surface area contributed by atoms with E-state index in [-0.39, 0.29) is 24.4 Å². The van der Waals surface area contributed by atoms with Gasteiger partial charge in [0.05, 0.1) is 19.3 Å². The van der Waals surface area contributed by atoms with Crippen molar-refractivity contribution < 1.29 is 14.3 Å². The lowest BCUT2D eigenvalue weighted by Crippen LogP contribution is -2.30. The third kappa shape index (κ3) is 6.37. The highest BCUT2D eigenvalue weighted by Crippen LogP contribution is 2.24. The van der Waals surface area contributed by atoms with Gasteiger partial charge in [-0.25, -0.2) is 0 Å². The molecule has 182 valence electrons. The average molecular weight is 480 g/mol. The second-order valence-electron chi connectivity index (χ2n) is 8.37. The Morgan fingerprint density at radius 3 is 2.08 bits per heavy atom. The van der Waals surface area contributed by atoms with E-state index in [1.54, 1.807) is 43.5 Å². The van der Waals surface area contributed by atoms with Crippen molar-refractivity contribution in [2.75, 3.05) is 24.3 Å². The van der Waals surface area contributed by atoms with Gasteiger partial charge in [-0.2, -0.15) is 0 Å². The number of amides is 2. The third-order valence-electron chi connectivity index (χ3n) is 5.87. The summed E-state index contributed by atoms with van der Waals surface area (Å²) in [6.07, 6.45) is 0. The van der Waals surface area contributed by atoms with Crippen LogP contribution < -0.4 is 20.7 Å². The van der Waals surface area contributed by atoms with E-state index in [4.69, 9.17) is 4.74 Å². The van der Waals surface area contributed by atoms with Crippen molar-refractivity contribution >= 4 is 23.2 Å². The maximum Gasteiger partial charge on any atom is 0.255 e. The Bertz CT molecular complexity index is 1300. The van der Waals surface area contributed by atoms with E-state index >= 15 is 0 Å². The van der Waals surface area contributed by atoms with Crippen LogP contribution in [0, 0.1) is 0 Å². The molecule has 0 spiro atoms. The lowest BCUT2D eigenvalue weighted by Gasteiger charge is -2.15. The van der Waals surface area contributed by atoms with E-state index in [1.807, 2.05) is 37.3 Å². The molecule has 0 saturated carbocycles. The van der Waals surface area contributed by atoms with Crippen LogP contribution in [0.1, 0.15) is 28.9 Å². The van der Waals surface area contributed by atoms with Gasteiger partial charge in [0.15, 0.2) is 0 Å². The van der Waals surface area contributed by atoms with Crippen LogP contribution in [0.3, 0.4) is 0 Å². The van der Waals surface area contributed by atoms with Crippen LogP contribution >= 0.6 is 0 Å². The van der Waals surface area contributed by atoms with Crippen molar-refractivity contribution in [3.8, 4) is 16.9 Å². The summed E-state index contributed by atoms with van der Waals surface area (Å²) in [5, 5.41) is 8.96. The fourth-order valence-corrected chi connectivity index (χ4v) is 3.81. The van der Waals surface area contributed by atoms with Gasteiger partial charge in [-0.05, 0) is 60.0 Å². The van der Waals surface area contributed by atoms with E-state index in [9.17, 15) is 9.59 Å². The Morgan fingerprint density at radius 2 is 1.39 bits per heavy atom. The van der Waals surface area contributed by atoms with Crippen molar-refractivity contribution in [1.82, 2.24) is 5.32 Å². The molecule has 0 aromatic heterocycles. The Balaban J connectivity index is 1.27. The first-order valence-corrected chi connectivity index (χ1v) is 11.8. The summed E-state index contributed by atoms with van der Waals surface area (Å²) in [4.78, 5) is 25.0. The number of carbonyl (C=O) groups is 2. The van der Waals surface area contributed by atoms with Crippen LogP contribution in [0.4, 0.5) is 11.4 Å². The van der Waals surface area contributed by atoms with Crippen molar-refractivity contribution in [3.63, 3.8) is 0 Å². The Hall–Kier alpha value is -4.42. The molecule has 6 nitrogen and oxygen atoms in total. The number of hydrogen-bond donors (Lipinski definition) is 3. The number of rotatable bonds is 9. The number of benzene rings is 4. The third-order valence-corrected chi connectivity index (χ3v) is 5.87. The van der Waals surface area contributed by atoms with Crippen LogP contribution in [-0.2, 0) is 4.79 Å². The molecule has 0 aliphatic carbocycles. The van der Waals surface area contributed by atoms with Gasteiger partial charge in [0.25, 0.3) is 5.91 Å². The molecule has 0 radical (unpaired) electrons. The monoisotopic (exact) mass is 479 g/mol. The van der Waals surface area contributed by atoms with Gasteiger partial charge in [-0.3, -0.25) is 9.59 Å². The van der Waals surface area contributed by atoms with E-state index in [0.29, 0.717) is 22.7 Å². The molecule has 6 heteroatoms. The smallest absolute Gasteiger partial charge is 0.255 e. The maximum atomic E-state index is 12.6. The summed E-state index contributed by atoms with van der Waals surface area (Å²) in [5.41, 5.74) is 5.13. The highest BCUT2D eigenvalue weighted by atomic mass is 16.5. The van der Waals surface area contributed by atoms with E-state index in [0.717, 1.165) is 11.1 Å². The van der Waals surface area contributed by atoms with E-state index in [1.165, 1.54) is 5.56 Å². The molecule has 0 unspecified atom stereocenters. The molecule has 0 aliphatic rings. The minimum atomic E-state index is -0.258. The zero-order chi connectivity index (χ0) is 25.3. The largest absolute Gasteiger partial charge is 0.495 e. The van der Waals surface area contributed by atoms with E-state index in [2.05, 4.69) is 52.3 Å². The summed E-state index contributed by atoms with van der Waals surface area (Å²) in [5.74, 6) is 0.170. The zero-order valence-electron chi connectivity index (χ0n) is 20.3. The molecule has 0 aliphatic heterocycles. The molecule has 0 saturated heterocycles. The number of anilines is 2. The molecule has 2 amide bonds. The SMILES string of the molecule is COc1ccccc1NC(=O)c1ccc(NC(=O)CN[C@H](C)c2ccc(-c3ccccc3)cc2)cc1. The second-order valence-corrected chi connectivity index (χ2v) is 8.37. The number of ether oxygens (including phenoxy) is 1. The normalized spacial score (nSPS) is 11.4. The lowest BCUT2D eigenvalue weighted by atomic mass is 10.0. The molecular weight excluding hydrogens is 450 g/mol. The first kappa shape index (κ1) is 24.7. The van der Waals surface area contributed by atoms with Gasteiger partial charge in [-0.1, -0.05) is 66.7 Å². The Kier molecular flexibility index (Phi) is 8.11. The molecule has 4 rings (SSSR count). The number of para-hydroxylation sites is 2.